The molecule has 4 rings (SSSR count). The molecule has 0 aromatic heterocycles. The van der Waals surface area contributed by atoms with E-state index >= 15 is 0 Å². The summed E-state index contributed by atoms with van der Waals surface area (Å²) in [5.41, 5.74) is 2.44. The fourth-order valence-corrected chi connectivity index (χ4v) is 7.03. The predicted molar refractivity (Wildman–Crippen MR) is 110 cm³/mol. The molecule has 6 atom stereocenters. The summed E-state index contributed by atoms with van der Waals surface area (Å²) < 4.78 is 30.4. The van der Waals surface area contributed by atoms with Gasteiger partial charge in [0.05, 0.1) is 6.10 Å². The van der Waals surface area contributed by atoms with Gasteiger partial charge < -0.3 is 9.29 Å². The van der Waals surface area contributed by atoms with Crippen LogP contribution in [0.25, 0.3) is 0 Å². The van der Waals surface area contributed by atoms with Gasteiger partial charge in [-0.1, -0.05) is 13.0 Å². The highest BCUT2D eigenvalue weighted by Crippen LogP contribution is 2.63. The maximum Gasteiger partial charge on any atom is 0.384 e. The fraction of sp³-hybridized carbons (Fsp3) is 0.714. The Kier molecular flexibility index (Phi) is 5.22. The summed E-state index contributed by atoms with van der Waals surface area (Å²) in [7, 11) is -0.845. The first-order valence-corrected chi connectivity index (χ1v) is 12.1. The van der Waals surface area contributed by atoms with Gasteiger partial charge >= 0.3 is 10.3 Å². The van der Waals surface area contributed by atoms with Crippen molar-refractivity contribution in [2.75, 3.05) is 20.0 Å². The number of halogens is 1. The first-order chi connectivity index (χ1) is 13.2. The van der Waals surface area contributed by atoms with Crippen molar-refractivity contribution >= 4 is 21.9 Å². The molecule has 2 saturated carbocycles. The first-order valence-electron chi connectivity index (χ1n) is 10.2. The number of rotatable bonds is 4. The maximum absolute atomic E-state index is 12.0. The number of hydrogen-bond acceptors (Lipinski definition) is 4. The Morgan fingerprint density at radius 2 is 2.04 bits per heavy atom. The van der Waals surface area contributed by atoms with Gasteiger partial charge in [0.15, 0.2) is 0 Å². The van der Waals surface area contributed by atoms with Crippen LogP contribution in [0.5, 0.6) is 5.75 Å². The lowest BCUT2D eigenvalue weighted by Crippen LogP contribution is -2.48. The summed E-state index contributed by atoms with van der Waals surface area (Å²) in [6.45, 7) is 2.25. The molecule has 0 saturated heterocycles. The molecule has 28 heavy (non-hydrogen) atoms. The quantitative estimate of drug-likeness (QED) is 0.746. The summed E-state index contributed by atoms with van der Waals surface area (Å²) in [5, 5.41) is 10.7. The minimum atomic E-state index is -3.76. The topological polar surface area (TPSA) is 66.8 Å². The van der Waals surface area contributed by atoms with Crippen molar-refractivity contribution in [3.63, 3.8) is 0 Å². The van der Waals surface area contributed by atoms with E-state index in [0.29, 0.717) is 35.3 Å². The second-order valence-corrected chi connectivity index (χ2v) is 11.3. The van der Waals surface area contributed by atoms with Gasteiger partial charge in [-0.25, -0.2) is 0 Å². The van der Waals surface area contributed by atoms with Crippen LogP contribution in [0.15, 0.2) is 18.2 Å². The molecule has 1 aromatic carbocycles. The molecule has 156 valence electrons. The van der Waals surface area contributed by atoms with Gasteiger partial charge in [-0.3, -0.25) is 0 Å². The molecule has 3 unspecified atom stereocenters. The third kappa shape index (κ3) is 3.17. The molecule has 1 N–H and O–H groups in total. The minimum Gasteiger partial charge on any atom is -0.393 e. The Bertz CT molecular complexity index is 858. The summed E-state index contributed by atoms with van der Waals surface area (Å²) in [6.07, 6.45) is 4.68. The van der Waals surface area contributed by atoms with Gasteiger partial charge in [0.25, 0.3) is 0 Å². The number of aryl methyl sites for hydroxylation is 1. The van der Waals surface area contributed by atoms with E-state index in [1.165, 1.54) is 25.2 Å². The lowest BCUT2D eigenvalue weighted by Gasteiger charge is -2.53. The largest absolute Gasteiger partial charge is 0.393 e. The van der Waals surface area contributed by atoms with Crippen molar-refractivity contribution in [1.29, 1.82) is 0 Å². The molecule has 3 aliphatic carbocycles. The fourth-order valence-electron chi connectivity index (χ4n) is 6.24. The van der Waals surface area contributed by atoms with Gasteiger partial charge in [-0.2, -0.15) is 12.7 Å². The normalized spacial score (nSPS) is 37.3. The predicted octanol–water partition coefficient (Wildman–Crippen LogP) is 3.55. The first kappa shape index (κ1) is 20.5. The monoisotopic (exact) mass is 427 g/mol. The highest BCUT2D eigenvalue weighted by molar-refractivity contribution is 7.84. The number of aliphatic hydroxyl groups is 1. The van der Waals surface area contributed by atoms with Crippen molar-refractivity contribution in [3.8, 4) is 5.75 Å². The van der Waals surface area contributed by atoms with Crippen LogP contribution in [0.1, 0.15) is 49.7 Å². The molecule has 0 radical (unpaired) electrons. The molecule has 3 aliphatic rings. The average Bonchev–Trinajstić information content (AvgIpc) is 2.94. The Hall–Kier alpha value is -0.820. The average molecular weight is 428 g/mol. The molecular weight excluding hydrogens is 398 g/mol. The van der Waals surface area contributed by atoms with E-state index in [0.717, 1.165) is 36.4 Å². The van der Waals surface area contributed by atoms with Crippen molar-refractivity contribution in [2.45, 2.75) is 51.0 Å². The Morgan fingerprint density at radius 3 is 2.71 bits per heavy atom. The van der Waals surface area contributed by atoms with Gasteiger partial charge in [0.2, 0.25) is 0 Å². The SMILES string of the molecule is CN(C)S(=O)(=O)Oc1ccc2c(c1)CCC1C2[C@@H](CCl)C[C@@]2(C)C1CC[C@@H]2O. The molecule has 0 spiro atoms. The lowest BCUT2D eigenvalue weighted by atomic mass is 9.52. The molecule has 0 aliphatic heterocycles. The zero-order chi connectivity index (χ0) is 20.3. The number of nitrogens with zero attached hydrogens (tertiary/aromatic N) is 1. The number of benzene rings is 1. The van der Waals surface area contributed by atoms with E-state index in [1.807, 2.05) is 12.1 Å². The minimum absolute atomic E-state index is 0.0267. The molecular formula is C21H30ClNO4S. The zero-order valence-electron chi connectivity index (χ0n) is 16.8. The van der Waals surface area contributed by atoms with E-state index in [2.05, 4.69) is 6.92 Å². The number of aliphatic hydroxyl groups excluding tert-OH is 1. The molecule has 5 nitrogen and oxygen atoms in total. The summed E-state index contributed by atoms with van der Waals surface area (Å²) in [5.74, 6) is 2.73. The highest BCUT2D eigenvalue weighted by Gasteiger charge is 2.57. The number of alkyl halides is 1. The van der Waals surface area contributed by atoms with Gasteiger partial charge in [0.1, 0.15) is 5.75 Å². The van der Waals surface area contributed by atoms with Crippen molar-refractivity contribution < 1.29 is 17.7 Å². The molecule has 0 bridgehead atoms. The van der Waals surface area contributed by atoms with Crippen LogP contribution in [0, 0.1) is 23.2 Å². The second-order valence-electron chi connectivity index (χ2n) is 9.24. The number of hydrogen-bond donors (Lipinski definition) is 1. The Morgan fingerprint density at radius 1 is 1.29 bits per heavy atom. The van der Waals surface area contributed by atoms with Gasteiger partial charge in [-0.05, 0) is 84.5 Å². The molecule has 0 heterocycles. The van der Waals surface area contributed by atoms with Crippen LogP contribution in [0.2, 0.25) is 0 Å². The number of fused-ring (bicyclic) bond motifs is 5. The van der Waals surface area contributed by atoms with E-state index in [1.54, 1.807) is 6.07 Å². The summed E-state index contributed by atoms with van der Waals surface area (Å²) in [6, 6.07) is 5.69. The Labute approximate surface area is 173 Å². The van der Waals surface area contributed by atoms with Gasteiger partial charge in [0, 0.05) is 20.0 Å². The van der Waals surface area contributed by atoms with Crippen LogP contribution in [0.3, 0.4) is 0 Å². The Balaban J connectivity index is 1.67. The standard InChI is InChI=1S/C21H30ClNO4S/c1-21-11-14(12-22)20-16-7-5-15(27-28(25,26)23(2)3)10-13(16)4-6-17(20)18(21)8-9-19(21)24/h5,7,10,14,17-20,24H,4,6,8-9,11-12H2,1-3H3/t14-,17?,18?,19+,20?,21+/m1/s1. The van der Waals surface area contributed by atoms with E-state index in [9.17, 15) is 13.5 Å². The zero-order valence-corrected chi connectivity index (χ0v) is 18.3. The van der Waals surface area contributed by atoms with E-state index in [-0.39, 0.29) is 11.5 Å². The smallest absolute Gasteiger partial charge is 0.384 e. The maximum atomic E-state index is 12.0. The third-order valence-electron chi connectivity index (χ3n) is 7.61. The van der Waals surface area contributed by atoms with Crippen LogP contribution < -0.4 is 4.18 Å². The lowest BCUT2D eigenvalue weighted by molar-refractivity contribution is -0.0434. The second kappa shape index (κ2) is 7.15. The highest BCUT2D eigenvalue weighted by atomic mass is 35.5. The van der Waals surface area contributed by atoms with E-state index < -0.39 is 10.3 Å². The van der Waals surface area contributed by atoms with Crippen molar-refractivity contribution in [1.82, 2.24) is 4.31 Å². The van der Waals surface area contributed by atoms with Gasteiger partial charge in [-0.15, -0.1) is 11.6 Å². The van der Waals surface area contributed by atoms with Crippen LogP contribution in [-0.4, -0.2) is 43.9 Å². The van der Waals surface area contributed by atoms with Crippen molar-refractivity contribution in [3.05, 3.63) is 29.3 Å². The third-order valence-corrected chi connectivity index (χ3v) is 9.31. The van der Waals surface area contributed by atoms with Crippen LogP contribution in [0.4, 0.5) is 0 Å². The van der Waals surface area contributed by atoms with E-state index in [4.69, 9.17) is 15.8 Å². The van der Waals surface area contributed by atoms with Crippen LogP contribution >= 0.6 is 11.6 Å². The van der Waals surface area contributed by atoms with Crippen LogP contribution in [-0.2, 0) is 16.7 Å². The summed E-state index contributed by atoms with van der Waals surface area (Å²) in [4.78, 5) is 0. The molecule has 0 amide bonds. The summed E-state index contributed by atoms with van der Waals surface area (Å²) >= 11 is 6.43. The van der Waals surface area contributed by atoms with Crippen molar-refractivity contribution in [2.24, 2.45) is 23.2 Å². The molecule has 7 heteroatoms. The molecule has 2 fully saturated rings. The molecule has 1 aromatic rings.